The molecule has 76 valence electrons. The van der Waals surface area contributed by atoms with E-state index in [4.69, 9.17) is 0 Å². The molecule has 0 spiro atoms. The molecule has 0 unspecified atom stereocenters. The number of hydrogen-bond donors (Lipinski definition) is 2. The molecule has 1 fully saturated rings. The topological polar surface area (TPSA) is 32.3 Å². The molecule has 2 rings (SSSR count). The Bertz CT molecular complexity index is 297. The number of hydrogen-bond acceptors (Lipinski definition) is 3. The van der Waals surface area contributed by atoms with E-state index < -0.39 is 0 Å². The Morgan fingerprint density at radius 2 is 2.29 bits per heavy atom. The van der Waals surface area contributed by atoms with Crippen molar-refractivity contribution in [3.05, 3.63) is 24.3 Å². The second kappa shape index (κ2) is 4.71. The first-order chi connectivity index (χ1) is 6.86. The van der Waals surface area contributed by atoms with Crippen LogP contribution in [0.5, 0.6) is 5.75 Å². The summed E-state index contributed by atoms with van der Waals surface area (Å²) in [7, 11) is 0. The number of phenols is 1. The van der Waals surface area contributed by atoms with Crippen LogP contribution in [0.4, 0.5) is 0 Å². The number of benzene rings is 1. The molecule has 1 aliphatic heterocycles. The zero-order valence-electron chi connectivity index (χ0n) is 8.07. The van der Waals surface area contributed by atoms with Crippen LogP contribution in [0, 0.1) is 0 Å². The minimum atomic E-state index is 0.399. The van der Waals surface area contributed by atoms with Gasteiger partial charge in [-0.3, -0.25) is 0 Å². The van der Waals surface area contributed by atoms with Crippen molar-refractivity contribution in [3.8, 4) is 5.75 Å². The highest BCUT2D eigenvalue weighted by atomic mass is 32.2. The van der Waals surface area contributed by atoms with Crippen molar-refractivity contribution >= 4 is 11.8 Å². The molecule has 1 saturated heterocycles. The number of rotatable bonds is 3. The second-order valence-electron chi connectivity index (χ2n) is 3.57. The number of para-hydroxylation sites is 1. The minimum Gasteiger partial charge on any atom is -0.507 e. The Labute approximate surface area is 88.7 Å². The predicted molar refractivity (Wildman–Crippen MR) is 59.9 cm³/mol. The lowest BCUT2D eigenvalue weighted by atomic mass is 10.3. The van der Waals surface area contributed by atoms with E-state index in [0.29, 0.717) is 11.8 Å². The molecule has 2 N–H and O–H groups in total. The van der Waals surface area contributed by atoms with Gasteiger partial charge < -0.3 is 10.4 Å². The summed E-state index contributed by atoms with van der Waals surface area (Å²) in [5.41, 5.74) is 0. The van der Waals surface area contributed by atoms with Gasteiger partial charge in [-0.2, -0.15) is 0 Å². The fraction of sp³-hybridized carbons (Fsp3) is 0.455. The summed E-state index contributed by atoms with van der Waals surface area (Å²) in [6.07, 6.45) is 2.55. The third-order valence-corrected chi connectivity index (χ3v) is 3.69. The monoisotopic (exact) mass is 209 g/mol. The molecule has 0 saturated carbocycles. The highest BCUT2D eigenvalue weighted by Crippen LogP contribution is 2.28. The maximum absolute atomic E-state index is 9.54. The maximum atomic E-state index is 9.54. The molecule has 1 aromatic rings. The van der Waals surface area contributed by atoms with E-state index in [2.05, 4.69) is 5.32 Å². The molecule has 0 radical (unpaired) electrons. The summed E-state index contributed by atoms with van der Waals surface area (Å²) in [6, 6.07) is 8.15. The molecule has 0 aromatic heterocycles. The van der Waals surface area contributed by atoms with E-state index in [0.717, 1.165) is 17.2 Å². The third-order valence-electron chi connectivity index (χ3n) is 2.47. The van der Waals surface area contributed by atoms with Gasteiger partial charge in [0.1, 0.15) is 5.75 Å². The van der Waals surface area contributed by atoms with Crippen LogP contribution in [0.3, 0.4) is 0 Å². The van der Waals surface area contributed by atoms with E-state index in [-0.39, 0.29) is 0 Å². The molecular weight excluding hydrogens is 194 g/mol. The number of nitrogens with one attached hydrogen (secondary N) is 1. The van der Waals surface area contributed by atoms with Crippen LogP contribution in [0.2, 0.25) is 0 Å². The van der Waals surface area contributed by atoms with Crippen LogP contribution in [0.1, 0.15) is 12.8 Å². The molecule has 1 atom stereocenters. The van der Waals surface area contributed by atoms with Gasteiger partial charge in [-0.1, -0.05) is 12.1 Å². The van der Waals surface area contributed by atoms with Crippen molar-refractivity contribution in [2.24, 2.45) is 0 Å². The molecule has 1 aromatic carbocycles. The fourth-order valence-electron chi connectivity index (χ4n) is 1.67. The van der Waals surface area contributed by atoms with Crippen LogP contribution in [0.25, 0.3) is 0 Å². The lowest BCUT2D eigenvalue weighted by Gasteiger charge is -2.09. The van der Waals surface area contributed by atoms with Gasteiger partial charge in [0.25, 0.3) is 0 Å². The molecule has 14 heavy (non-hydrogen) atoms. The van der Waals surface area contributed by atoms with Gasteiger partial charge in [-0.25, -0.2) is 0 Å². The molecule has 3 heteroatoms. The zero-order chi connectivity index (χ0) is 9.80. The first-order valence-electron chi connectivity index (χ1n) is 5.00. The SMILES string of the molecule is Oc1ccccc1SC[C@@H]1CCCN1. The number of thioether (sulfide) groups is 1. The molecule has 1 heterocycles. The first kappa shape index (κ1) is 9.87. The van der Waals surface area contributed by atoms with Crippen molar-refractivity contribution in [1.82, 2.24) is 5.32 Å². The summed E-state index contributed by atoms with van der Waals surface area (Å²) in [4.78, 5) is 0.987. The largest absolute Gasteiger partial charge is 0.507 e. The fourth-order valence-corrected chi connectivity index (χ4v) is 2.72. The quantitative estimate of drug-likeness (QED) is 0.749. The van der Waals surface area contributed by atoms with Gasteiger partial charge in [-0.15, -0.1) is 11.8 Å². The lowest BCUT2D eigenvalue weighted by molar-refractivity contribution is 0.462. The summed E-state index contributed by atoms with van der Waals surface area (Å²) in [5.74, 6) is 1.45. The standard InChI is InChI=1S/C11H15NOS/c13-10-5-1-2-6-11(10)14-8-9-4-3-7-12-9/h1-2,5-6,9,12-13H,3-4,7-8H2/t9-/m0/s1. The van der Waals surface area contributed by atoms with Gasteiger partial charge in [0.2, 0.25) is 0 Å². The molecule has 0 bridgehead atoms. The maximum Gasteiger partial charge on any atom is 0.129 e. The molecule has 2 nitrogen and oxygen atoms in total. The Hall–Kier alpha value is -0.670. The Balaban J connectivity index is 1.88. The van der Waals surface area contributed by atoms with Crippen LogP contribution in [0.15, 0.2) is 29.2 Å². The summed E-state index contributed by atoms with van der Waals surface area (Å²) in [5, 5.41) is 13.0. The normalized spacial score (nSPS) is 21.3. The van der Waals surface area contributed by atoms with Crippen LogP contribution in [-0.4, -0.2) is 23.4 Å². The molecule has 1 aliphatic rings. The van der Waals surface area contributed by atoms with E-state index >= 15 is 0 Å². The Morgan fingerprint density at radius 1 is 1.43 bits per heavy atom. The predicted octanol–water partition coefficient (Wildman–Crippen LogP) is 2.24. The summed E-state index contributed by atoms with van der Waals surface area (Å²) in [6.45, 7) is 1.14. The number of phenolic OH excluding ortho intramolecular Hbond substituents is 1. The lowest BCUT2D eigenvalue weighted by Crippen LogP contribution is -2.23. The minimum absolute atomic E-state index is 0.399. The highest BCUT2D eigenvalue weighted by Gasteiger charge is 2.14. The highest BCUT2D eigenvalue weighted by molar-refractivity contribution is 7.99. The Morgan fingerprint density at radius 3 is 3.00 bits per heavy atom. The zero-order valence-corrected chi connectivity index (χ0v) is 8.89. The van der Waals surface area contributed by atoms with Crippen molar-refractivity contribution in [2.75, 3.05) is 12.3 Å². The molecular formula is C11H15NOS. The number of aromatic hydroxyl groups is 1. The Kier molecular flexibility index (Phi) is 3.32. The van der Waals surface area contributed by atoms with Gasteiger partial charge in [0.15, 0.2) is 0 Å². The summed E-state index contributed by atoms with van der Waals surface area (Å²) >= 11 is 1.73. The summed E-state index contributed by atoms with van der Waals surface area (Å²) < 4.78 is 0. The van der Waals surface area contributed by atoms with Crippen LogP contribution < -0.4 is 5.32 Å². The van der Waals surface area contributed by atoms with Crippen molar-refractivity contribution < 1.29 is 5.11 Å². The average Bonchev–Trinajstić information content (AvgIpc) is 2.69. The van der Waals surface area contributed by atoms with Crippen molar-refractivity contribution in [2.45, 2.75) is 23.8 Å². The van der Waals surface area contributed by atoms with Gasteiger partial charge in [0.05, 0.1) is 0 Å². The van der Waals surface area contributed by atoms with E-state index in [1.807, 2.05) is 18.2 Å². The van der Waals surface area contributed by atoms with Gasteiger partial charge in [-0.05, 0) is 31.5 Å². The van der Waals surface area contributed by atoms with Crippen LogP contribution >= 0.6 is 11.8 Å². The van der Waals surface area contributed by atoms with Gasteiger partial charge in [0, 0.05) is 16.7 Å². The average molecular weight is 209 g/mol. The first-order valence-corrected chi connectivity index (χ1v) is 5.99. The smallest absolute Gasteiger partial charge is 0.129 e. The third kappa shape index (κ3) is 2.42. The van der Waals surface area contributed by atoms with Gasteiger partial charge >= 0.3 is 0 Å². The van der Waals surface area contributed by atoms with E-state index in [1.54, 1.807) is 17.8 Å². The van der Waals surface area contributed by atoms with Crippen molar-refractivity contribution in [3.63, 3.8) is 0 Å². The second-order valence-corrected chi connectivity index (χ2v) is 4.63. The van der Waals surface area contributed by atoms with Crippen LogP contribution in [-0.2, 0) is 0 Å². The van der Waals surface area contributed by atoms with Crippen molar-refractivity contribution in [1.29, 1.82) is 0 Å². The molecule has 0 amide bonds. The van der Waals surface area contributed by atoms with E-state index in [1.165, 1.54) is 12.8 Å². The molecule has 0 aliphatic carbocycles. The van der Waals surface area contributed by atoms with E-state index in [9.17, 15) is 5.11 Å².